The molecule has 2 N–H and O–H groups in total. The van der Waals surface area contributed by atoms with Gasteiger partial charge in [0.25, 0.3) is 0 Å². The van der Waals surface area contributed by atoms with Gasteiger partial charge in [0.1, 0.15) is 0 Å². The predicted molar refractivity (Wildman–Crippen MR) is 75.7 cm³/mol. The lowest BCUT2D eigenvalue weighted by Crippen LogP contribution is -2.52. The Morgan fingerprint density at radius 1 is 1.33 bits per heavy atom. The second-order valence-corrected chi connectivity index (χ2v) is 6.72. The zero-order valence-electron chi connectivity index (χ0n) is 12.3. The molecule has 1 saturated heterocycles. The van der Waals surface area contributed by atoms with E-state index in [1.54, 1.807) is 0 Å². The molecule has 1 aliphatic carbocycles. The average molecular weight is 254 g/mol. The Morgan fingerprint density at radius 3 is 2.72 bits per heavy atom. The van der Waals surface area contributed by atoms with Crippen molar-refractivity contribution in [3.63, 3.8) is 0 Å². The highest BCUT2D eigenvalue weighted by atomic mass is 16.3. The van der Waals surface area contributed by atoms with Crippen molar-refractivity contribution in [1.29, 1.82) is 0 Å². The van der Waals surface area contributed by atoms with E-state index in [1.165, 1.54) is 32.2 Å². The Morgan fingerprint density at radius 2 is 2.11 bits per heavy atom. The van der Waals surface area contributed by atoms with E-state index in [1.807, 2.05) is 0 Å². The van der Waals surface area contributed by atoms with Crippen LogP contribution in [0.3, 0.4) is 0 Å². The van der Waals surface area contributed by atoms with Gasteiger partial charge in [0.05, 0.1) is 6.61 Å². The molecule has 0 aromatic heterocycles. The smallest absolute Gasteiger partial charge is 0.0614 e. The van der Waals surface area contributed by atoms with E-state index < -0.39 is 0 Å². The highest BCUT2D eigenvalue weighted by Crippen LogP contribution is 2.36. The van der Waals surface area contributed by atoms with Crippen LogP contribution in [-0.2, 0) is 0 Å². The number of likely N-dealkylation sites (tertiary alicyclic amines) is 1. The van der Waals surface area contributed by atoms with Gasteiger partial charge in [0, 0.05) is 23.7 Å². The molecule has 2 rings (SSSR count). The minimum atomic E-state index is -0.0179. The van der Waals surface area contributed by atoms with Gasteiger partial charge in [-0.05, 0) is 45.6 Å². The van der Waals surface area contributed by atoms with E-state index >= 15 is 0 Å². The van der Waals surface area contributed by atoms with E-state index in [-0.39, 0.29) is 12.1 Å². The van der Waals surface area contributed by atoms with Gasteiger partial charge in [0.15, 0.2) is 0 Å². The van der Waals surface area contributed by atoms with Crippen LogP contribution < -0.4 is 5.32 Å². The highest BCUT2D eigenvalue weighted by molar-refractivity contribution is 5.01. The summed E-state index contributed by atoms with van der Waals surface area (Å²) < 4.78 is 0. The van der Waals surface area contributed by atoms with Crippen LogP contribution in [0.15, 0.2) is 0 Å². The van der Waals surface area contributed by atoms with Gasteiger partial charge in [0.2, 0.25) is 0 Å². The standard InChI is InChI=1S/C15H30N2O/c1-12(2)16-15(11-18)8-7-14(10-15)17-9-5-4-6-13(17)3/h12-14,16,18H,4-11H2,1-3H3. The van der Waals surface area contributed by atoms with Gasteiger partial charge in [-0.2, -0.15) is 0 Å². The van der Waals surface area contributed by atoms with Crippen molar-refractivity contribution in [1.82, 2.24) is 10.2 Å². The molecule has 3 unspecified atom stereocenters. The Bertz CT molecular complexity index is 269. The molecule has 1 saturated carbocycles. The number of aliphatic hydroxyl groups excluding tert-OH is 1. The van der Waals surface area contributed by atoms with Crippen LogP contribution in [-0.4, -0.2) is 46.8 Å². The number of nitrogens with one attached hydrogen (secondary N) is 1. The first-order valence-electron chi connectivity index (χ1n) is 7.70. The monoisotopic (exact) mass is 254 g/mol. The Labute approximate surface area is 112 Å². The van der Waals surface area contributed by atoms with Gasteiger partial charge >= 0.3 is 0 Å². The first kappa shape index (κ1) is 14.3. The third-order valence-electron chi connectivity index (χ3n) is 4.80. The molecule has 18 heavy (non-hydrogen) atoms. The van der Waals surface area contributed by atoms with E-state index in [0.717, 1.165) is 18.9 Å². The fourth-order valence-corrected chi connectivity index (χ4v) is 3.98. The molecular formula is C15H30N2O. The molecule has 0 bridgehead atoms. The van der Waals surface area contributed by atoms with Crippen LogP contribution in [0.2, 0.25) is 0 Å². The number of nitrogens with zero attached hydrogens (tertiary/aromatic N) is 1. The van der Waals surface area contributed by atoms with E-state index in [9.17, 15) is 5.11 Å². The van der Waals surface area contributed by atoms with Gasteiger partial charge in [-0.1, -0.05) is 20.3 Å². The molecule has 2 aliphatic rings. The SMILES string of the molecule is CC(C)NC1(CO)CCC(N2CCCCC2C)C1. The second kappa shape index (κ2) is 5.89. The van der Waals surface area contributed by atoms with E-state index in [4.69, 9.17) is 0 Å². The third-order valence-corrected chi connectivity index (χ3v) is 4.80. The highest BCUT2D eigenvalue weighted by Gasteiger charge is 2.42. The van der Waals surface area contributed by atoms with Crippen molar-refractivity contribution in [3.8, 4) is 0 Å². The quantitative estimate of drug-likeness (QED) is 0.807. The topological polar surface area (TPSA) is 35.5 Å². The molecule has 1 aliphatic heterocycles. The maximum Gasteiger partial charge on any atom is 0.0614 e. The van der Waals surface area contributed by atoms with Crippen LogP contribution in [0.1, 0.15) is 59.3 Å². The molecule has 0 radical (unpaired) electrons. The number of hydrogen-bond acceptors (Lipinski definition) is 3. The lowest BCUT2D eigenvalue weighted by Gasteiger charge is -2.39. The molecule has 2 fully saturated rings. The summed E-state index contributed by atoms with van der Waals surface area (Å²) in [4.78, 5) is 2.70. The van der Waals surface area contributed by atoms with Crippen molar-refractivity contribution >= 4 is 0 Å². The summed E-state index contributed by atoms with van der Waals surface area (Å²) in [6, 6.07) is 1.87. The summed E-state index contributed by atoms with van der Waals surface area (Å²) >= 11 is 0. The van der Waals surface area contributed by atoms with Crippen molar-refractivity contribution in [3.05, 3.63) is 0 Å². The minimum absolute atomic E-state index is 0.0179. The molecular weight excluding hydrogens is 224 g/mol. The van der Waals surface area contributed by atoms with Gasteiger partial charge in [-0.15, -0.1) is 0 Å². The van der Waals surface area contributed by atoms with Gasteiger partial charge in [-0.3, -0.25) is 4.90 Å². The van der Waals surface area contributed by atoms with E-state index in [0.29, 0.717) is 12.1 Å². The summed E-state index contributed by atoms with van der Waals surface area (Å²) in [6.45, 7) is 8.26. The predicted octanol–water partition coefficient (Wildman–Crippen LogP) is 2.14. The van der Waals surface area contributed by atoms with Crippen LogP contribution >= 0.6 is 0 Å². The summed E-state index contributed by atoms with van der Waals surface area (Å²) in [5, 5.41) is 13.4. The molecule has 3 heteroatoms. The molecule has 0 amide bonds. The van der Waals surface area contributed by atoms with Crippen molar-refractivity contribution < 1.29 is 5.11 Å². The number of rotatable bonds is 4. The number of piperidine rings is 1. The fourth-order valence-electron chi connectivity index (χ4n) is 3.98. The van der Waals surface area contributed by atoms with Crippen LogP contribution in [0.5, 0.6) is 0 Å². The zero-order chi connectivity index (χ0) is 13.2. The van der Waals surface area contributed by atoms with Crippen LogP contribution in [0, 0.1) is 0 Å². The number of aliphatic hydroxyl groups is 1. The van der Waals surface area contributed by atoms with Crippen molar-refractivity contribution in [2.45, 2.75) is 83.0 Å². The average Bonchev–Trinajstić information content (AvgIpc) is 2.73. The van der Waals surface area contributed by atoms with Gasteiger partial charge < -0.3 is 10.4 Å². The summed E-state index contributed by atoms with van der Waals surface area (Å²) in [6.07, 6.45) is 7.57. The summed E-state index contributed by atoms with van der Waals surface area (Å²) in [5.74, 6) is 0. The molecule has 1 heterocycles. The largest absolute Gasteiger partial charge is 0.394 e. The molecule has 106 valence electrons. The first-order chi connectivity index (χ1) is 8.56. The Balaban J connectivity index is 1.97. The molecule has 0 aromatic carbocycles. The van der Waals surface area contributed by atoms with Crippen molar-refractivity contribution in [2.24, 2.45) is 0 Å². The number of hydrogen-bond donors (Lipinski definition) is 2. The van der Waals surface area contributed by atoms with Crippen LogP contribution in [0.25, 0.3) is 0 Å². The van der Waals surface area contributed by atoms with Crippen molar-refractivity contribution in [2.75, 3.05) is 13.2 Å². The molecule has 0 aromatic rings. The third kappa shape index (κ3) is 3.06. The lowest BCUT2D eigenvalue weighted by atomic mass is 9.95. The van der Waals surface area contributed by atoms with Crippen LogP contribution in [0.4, 0.5) is 0 Å². The Kier molecular flexibility index (Phi) is 4.68. The molecule has 3 nitrogen and oxygen atoms in total. The summed E-state index contributed by atoms with van der Waals surface area (Å²) in [7, 11) is 0. The molecule has 0 spiro atoms. The Hall–Kier alpha value is -0.120. The van der Waals surface area contributed by atoms with E-state index in [2.05, 4.69) is 31.0 Å². The maximum atomic E-state index is 9.77. The maximum absolute atomic E-state index is 9.77. The van der Waals surface area contributed by atoms with Gasteiger partial charge in [-0.25, -0.2) is 0 Å². The fraction of sp³-hybridized carbons (Fsp3) is 1.00. The summed E-state index contributed by atoms with van der Waals surface area (Å²) in [5.41, 5.74) is -0.0179. The second-order valence-electron chi connectivity index (χ2n) is 6.72. The minimum Gasteiger partial charge on any atom is -0.394 e. The zero-order valence-corrected chi connectivity index (χ0v) is 12.3. The first-order valence-corrected chi connectivity index (χ1v) is 7.70. The molecule has 3 atom stereocenters. The normalized spacial score (nSPS) is 38.5. The lowest BCUT2D eigenvalue weighted by molar-refractivity contribution is 0.0915.